The van der Waals surface area contributed by atoms with Gasteiger partial charge in [-0.3, -0.25) is 0 Å². The summed E-state index contributed by atoms with van der Waals surface area (Å²) in [6.07, 6.45) is 0.947. The molecule has 2 atom stereocenters. The third-order valence-electron chi connectivity index (χ3n) is 2.20. The van der Waals surface area contributed by atoms with Gasteiger partial charge >= 0.3 is 0 Å². The quantitative estimate of drug-likeness (QED) is 0.215. The van der Waals surface area contributed by atoms with Crippen molar-refractivity contribution in [3.8, 4) is 0 Å². The van der Waals surface area contributed by atoms with Crippen molar-refractivity contribution in [2.45, 2.75) is 39.9 Å². The summed E-state index contributed by atoms with van der Waals surface area (Å²) in [6, 6.07) is 0. The first kappa shape index (κ1) is 15.1. The molecule has 0 aliphatic carbocycles. The van der Waals surface area contributed by atoms with Gasteiger partial charge in [0, 0.05) is 17.4 Å². The molecule has 0 bridgehead atoms. The number of hydrogen-bond acceptors (Lipinski definition) is 2. The molecule has 0 aliphatic rings. The molecular weight excluding hydrogens is 218 g/mol. The Morgan fingerprint density at radius 1 is 1.44 bits per heavy atom. The van der Waals surface area contributed by atoms with Crippen LogP contribution in [0.1, 0.15) is 20.3 Å². The Balaban J connectivity index is 4.09. The average Bonchev–Trinajstić information content (AvgIpc) is 2.11. The Morgan fingerprint density at radius 2 is 2.00 bits per heavy atom. The number of nitrogens with zero attached hydrogens (tertiary/aromatic N) is 3. The van der Waals surface area contributed by atoms with Crippen molar-refractivity contribution in [2.24, 2.45) is 17.0 Å². The van der Waals surface area contributed by atoms with Gasteiger partial charge in [0.05, 0.1) is 5.76 Å². The van der Waals surface area contributed by atoms with Crippen LogP contribution in [-0.2, 0) is 4.43 Å². The molecule has 0 rings (SSSR count). The zero-order valence-corrected chi connectivity index (χ0v) is 12.0. The summed E-state index contributed by atoms with van der Waals surface area (Å²) < 4.78 is 5.85. The lowest BCUT2D eigenvalue weighted by Crippen LogP contribution is -2.26. The smallest absolute Gasteiger partial charge is 0.241 e. The number of allylic oxidation sites excluding steroid dienone is 1. The van der Waals surface area contributed by atoms with Crippen molar-refractivity contribution < 1.29 is 4.43 Å². The van der Waals surface area contributed by atoms with Crippen molar-refractivity contribution in [1.29, 1.82) is 0 Å². The first-order valence-corrected chi connectivity index (χ1v) is 9.05. The summed E-state index contributed by atoms with van der Waals surface area (Å²) in [5.41, 5.74) is 8.23. The van der Waals surface area contributed by atoms with E-state index >= 15 is 0 Å². The van der Waals surface area contributed by atoms with Crippen LogP contribution in [-0.4, -0.2) is 14.9 Å². The molecule has 0 aromatic heterocycles. The lowest BCUT2D eigenvalue weighted by atomic mass is 9.96. The molecular formula is C11H23N3OSi. The summed E-state index contributed by atoms with van der Waals surface area (Å²) in [6.45, 7) is 15.1. The molecule has 16 heavy (non-hydrogen) atoms. The lowest BCUT2D eigenvalue weighted by Gasteiger charge is -2.26. The number of rotatable bonds is 7. The van der Waals surface area contributed by atoms with E-state index < -0.39 is 8.32 Å². The predicted molar refractivity (Wildman–Crippen MR) is 70.5 cm³/mol. The fourth-order valence-electron chi connectivity index (χ4n) is 1.48. The van der Waals surface area contributed by atoms with Gasteiger partial charge in [0.1, 0.15) is 0 Å². The van der Waals surface area contributed by atoms with E-state index in [0.717, 1.165) is 12.2 Å². The molecule has 0 heterocycles. The zero-order chi connectivity index (χ0) is 12.8. The van der Waals surface area contributed by atoms with Crippen molar-refractivity contribution in [1.82, 2.24) is 0 Å². The molecule has 92 valence electrons. The van der Waals surface area contributed by atoms with Crippen LogP contribution in [0.3, 0.4) is 0 Å². The lowest BCUT2D eigenvalue weighted by molar-refractivity contribution is 0.321. The number of hydrogen-bond donors (Lipinski definition) is 0. The summed E-state index contributed by atoms with van der Waals surface area (Å²) in [5.74, 6) is 1.55. The van der Waals surface area contributed by atoms with Crippen molar-refractivity contribution in [3.05, 3.63) is 22.8 Å². The Hall–Kier alpha value is -0.933. The molecule has 0 spiro atoms. The van der Waals surface area contributed by atoms with E-state index in [0.29, 0.717) is 18.4 Å². The fourth-order valence-corrected chi connectivity index (χ4v) is 2.47. The minimum atomic E-state index is -1.54. The molecule has 0 unspecified atom stereocenters. The van der Waals surface area contributed by atoms with Crippen LogP contribution in [0.25, 0.3) is 10.4 Å². The number of azide groups is 1. The Morgan fingerprint density at radius 3 is 2.44 bits per heavy atom. The van der Waals surface area contributed by atoms with Crippen LogP contribution < -0.4 is 0 Å². The van der Waals surface area contributed by atoms with Gasteiger partial charge in [-0.15, -0.1) is 0 Å². The molecule has 0 aromatic rings. The molecule has 0 aromatic carbocycles. The maximum absolute atomic E-state index is 8.23. The predicted octanol–water partition coefficient (Wildman–Crippen LogP) is 4.32. The van der Waals surface area contributed by atoms with Crippen molar-refractivity contribution in [3.63, 3.8) is 0 Å². The highest BCUT2D eigenvalue weighted by Gasteiger charge is 2.20. The standard InChI is InChI=1S/C11H23N3OSi/c1-9(8-13-14-12)7-10(2)11(3)15-16(4,5)6/h9-10H,3,7-8H2,1-2,4-6H3/t9-,10+/m1/s1. The topological polar surface area (TPSA) is 58.0 Å². The van der Waals surface area contributed by atoms with Gasteiger partial charge < -0.3 is 4.43 Å². The summed E-state index contributed by atoms with van der Waals surface area (Å²) in [4.78, 5) is 2.77. The fraction of sp³-hybridized carbons (Fsp3) is 0.818. The van der Waals surface area contributed by atoms with Crippen LogP contribution in [0.15, 0.2) is 17.5 Å². The van der Waals surface area contributed by atoms with E-state index in [1.165, 1.54) is 0 Å². The second kappa shape index (κ2) is 6.61. The first-order valence-electron chi connectivity index (χ1n) is 5.65. The minimum absolute atomic E-state index is 0.315. The monoisotopic (exact) mass is 241 g/mol. The van der Waals surface area contributed by atoms with Crippen molar-refractivity contribution in [2.75, 3.05) is 6.54 Å². The van der Waals surface area contributed by atoms with Crippen LogP contribution >= 0.6 is 0 Å². The second-order valence-electron chi connectivity index (χ2n) is 5.34. The largest absolute Gasteiger partial charge is 0.548 e. The first-order chi connectivity index (χ1) is 7.26. The highest BCUT2D eigenvalue weighted by Crippen LogP contribution is 2.22. The van der Waals surface area contributed by atoms with E-state index in [9.17, 15) is 0 Å². The van der Waals surface area contributed by atoms with Gasteiger partial charge in [-0.2, -0.15) is 0 Å². The van der Waals surface area contributed by atoms with E-state index in [1.807, 2.05) is 0 Å². The molecule has 0 N–H and O–H groups in total. The van der Waals surface area contributed by atoms with E-state index in [1.54, 1.807) is 0 Å². The summed E-state index contributed by atoms with van der Waals surface area (Å²) in [7, 11) is -1.54. The van der Waals surface area contributed by atoms with E-state index in [4.69, 9.17) is 9.96 Å². The van der Waals surface area contributed by atoms with Crippen LogP contribution in [0.5, 0.6) is 0 Å². The molecule has 5 heteroatoms. The van der Waals surface area contributed by atoms with E-state index in [-0.39, 0.29) is 0 Å². The zero-order valence-electron chi connectivity index (χ0n) is 11.0. The normalized spacial score (nSPS) is 14.8. The summed E-state index contributed by atoms with van der Waals surface area (Å²) >= 11 is 0. The molecule has 0 aliphatic heterocycles. The Labute approximate surface area is 99.5 Å². The van der Waals surface area contributed by atoms with Gasteiger partial charge in [-0.25, -0.2) is 0 Å². The SMILES string of the molecule is C=C(O[Si](C)(C)C)[C@@H](C)C[C@@H](C)CN=[N+]=[N-]. The van der Waals surface area contributed by atoms with Gasteiger partial charge in [0.2, 0.25) is 8.32 Å². The van der Waals surface area contributed by atoms with Crippen LogP contribution in [0, 0.1) is 11.8 Å². The third kappa shape index (κ3) is 7.37. The highest BCUT2D eigenvalue weighted by atomic mass is 28.4. The third-order valence-corrected chi connectivity index (χ3v) is 3.07. The highest BCUT2D eigenvalue weighted by molar-refractivity contribution is 6.70. The molecule has 0 fully saturated rings. The molecule has 0 saturated heterocycles. The Kier molecular flexibility index (Phi) is 6.22. The Bertz CT molecular complexity index is 279. The van der Waals surface area contributed by atoms with Gasteiger partial charge in [0.15, 0.2) is 0 Å². The second-order valence-corrected chi connectivity index (χ2v) is 9.76. The molecule has 0 amide bonds. The maximum atomic E-state index is 8.23. The maximum Gasteiger partial charge on any atom is 0.241 e. The molecule has 0 radical (unpaired) electrons. The van der Waals surface area contributed by atoms with Crippen molar-refractivity contribution >= 4 is 8.32 Å². The van der Waals surface area contributed by atoms with Crippen LogP contribution in [0.2, 0.25) is 19.6 Å². The molecule has 0 saturated carbocycles. The average molecular weight is 241 g/mol. The van der Waals surface area contributed by atoms with Crippen LogP contribution in [0.4, 0.5) is 0 Å². The summed E-state index contributed by atoms with van der Waals surface area (Å²) in [5, 5.41) is 3.58. The molecule has 4 nitrogen and oxygen atoms in total. The van der Waals surface area contributed by atoms with E-state index in [2.05, 4.69) is 50.1 Å². The minimum Gasteiger partial charge on any atom is -0.548 e. The van der Waals surface area contributed by atoms with Gasteiger partial charge in [-0.05, 0) is 37.5 Å². The van der Waals surface area contributed by atoms with Gasteiger partial charge in [0.25, 0.3) is 0 Å². The van der Waals surface area contributed by atoms with Gasteiger partial charge in [-0.1, -0.05) is 25.5 Å².